The summed E-state index contributed by atoms with van der Waals surface area (Å²) in [6, 6.07) is 16.0. The van der Waals surface area contributed by atoms with Crippen LogP contribution in [0.4, 0.5) is 5.69 Å². The SMILES string of the molecule is Cc1ccccc1-n1nc(C(=O)NCc2cccc(N3CCCC3=O)c2)c2c1CCC2. The number of aryl methyl sites for hydroxylation is 1. The number of rotatable bonds is 5. The first-order valence-corrected chi connectivity index (χ1v) is 11.0. The molecule has 0 unspecified atom stereocenters. The molecule has 0 atom stereocenters. The standard InChI is InChI=1S/C25H26N4O2/c1-17-7-2-3-11-21(17)29-22-12-5-10-20(22)24(27-29)25(31)26-16-18-8-4-9-19(15-18)28-14-6-13-23(28)30/h2-4,7-9,11,15H,5-6,10,12-14,16H2,1H3,(H,26,31). The lowest BCUT2D eigenvalue weighted by atomic mass is 10.1. The lowest BCUT2D eigenvalue weighted by molar-refractivity contribution is -0.117. The van der Waals surface area contributed by atoms with E-state index in [1.54, 1.807) is 0 Å². The van der Waals surface area contributed by atoms with Crippen molar-refractivity contribution < 1.29 is 9.59 Å². The summed E-state index contributed by atoms with van der Waals surface area (Å²) in [5, 5.41) is 7.75. The summed E-state index contributed by atoms with van der Waals surface area (Å²) in [6.07, 6.45) is 4.38. The topological polar surface area (TPSA) is 67.2 Å². The van der Waals surface area contributed by atoms with Gasteiger partial charge in [-0.05, 0) is 61.9 Å². The third-order valence-corrected chi connectivity index (χ3v) is 6.24. The molecule has 1 N–H and O–H groups in total. The number of carbonyl (C=O) groups is 2. The lowest BCUT2D eigenvalue weighted by Crippen LogP contribution is -2.26. The summed E-state index contributed by atoms with van der Waals surface area (Å²) in [7, 11) is 0. The molecule has 0 radical (unpaired) electrons. The van der Waals surface area contributed by atoms with Crippen molar-refractivity contribution >= 4 is 17.5 Å². The van der Waals surface area contributed by atoms with Gasteiger partial charge in [0.25, 0.3) is 5.91 Å². The Kier molecular flexibility index (Phi) is 5.06. The predicted molar refractivity (Wildman–Crippen MR) is 120 cm³/mol. The Balaban J connectivity index is 1.36. The van der Waals surface area contributed by atoms with Crippen molar-refractivity contribution in [2.24, 2.45) is 0 Å². The average Bonchev–Trinajstić information content (AvgIpc) is 3.49. The van der Waals surface area contributed by atoms with Crippen LogP contribution in [0.1, 0.15) is 52.1 Å². The van der Waals surface area contributed by atoms with Gasteiger partial charge in [-0.2, -0.15) is 5.10 Å². The highest BCUT2D eigenvalue weighted by atomic mass is 16.2. The molecule has 5 rings (SSSR count). The van der Waals surface area contributed by atoms with Crippen LogP contribution in [0.25, 0.3) is 5.69 Å². The first-order chi connectivity index (χ1) is 15.1. The number of para-hydroxylation sites is 1. The molecule has 2 aromatic carbocycles. The fraction of sp³-hybridized carbons (Fsp3) is 0.320. The van der Waals surface area contributed by atoms with Crippen molar-refractivity contribution in [3.05, 3.63) is 76.6 Å². The Hall–Kier alpha value is -3.41. The number of fused-ring (bicyclic) bond motifs is 1. The smallest absolute Gasteiger partial charge is 0.272 e. The van der Waals surface area contributed by atoms with Crippen molar-refractivity contribution in [1.29, 1.82) is 0 Å². The van der Waals surface area contributed by atoms with E-state index in [2.05, 4.69) is 18.3 Å². The fourth-order valence-corrected chi connectivity index (χ4v) is 4.64. The van der Waals surface area contributed by atoms with Gasteiger partial charge in [0.15, 0.2) is 5.69 Å². The van der Waals surface area contributed by atoms with Crippen LogP contribution in [0, 0.1) is 6.92 Å². The first-order valence-electron chi connectivity index (χ1n) is 11.0. The predicted octanol–water partition coefficient (Wildman–Crippen LogP) is 3.73. The van der Waals surface area contributed by atoms with Gasteiger partial charge >= 0.3 is 0 Å². The summed E-state index contributed by atoms with van der Waals surface area (Å²) >= 11 is 0. The van der Waals surface area contributed by atoms with Gasteiger partial charge in [-0.1, -0.05) is 30.3 Å². The number of anilines is 1. The number of amides is 2. The van der Waals surface area contributed by atoms with Crippen molar-refractivity contribution in [3.8, 4) is 5.69 Å². The molecule has 0 saturated carbocycles. The second-order valence-corrected chi connectivity index (χ2v) is 8.33. The van der Waals surface area contributed by atoms with E-state index in [-0.39, 0.29) is 11.8 Å². The molecule has 6 nitrogen and oxygen atoms in total. The maximum Gasteiger partial charge on any atom is 0.272 e. The van der Waals surface area contributed by atoms with Crippen LogP contribution < -0.4 is 10.2 Å². The highest BCUT2D eigenvalue weighted by Gasteiger charge is 2.27. The Morgan fingerprint density at radius 2 is 1.94 bits per heavy atom. The molecule has 3 aromatic rings. The zero-order valence-corrected chi connectivity index (χ0v) is 17.7. The molecule has 1 aliphatic heterocycles. The molecule has 1 aromatic heterocycles. The second-order valence-electron chi connectivity index (χ2n) is 8.33. The van der Waals surface area contributed by atoms with Gasteiger partial charge in [-0.15, -0.1) is 0 Å². The molecule has 0 bridgehead atoms. The highest BCUT2D eigenvalue weighted by Crippen LogP contribution is 2.29. The summed E-state index contributed by atoms with van der Waals surface area (Å²) in [5.41, 5.74) is 6.79. The van der Waals surface area contributed by atoms with E-state index in [1.165, 1.54) is 0 Å². The summed E-state index contributed by atoms with van der Waals surface area (Å²) < 4.78 is 1.95. The maximum absolute atomic E-state index is 13.0. The molecular weight excluding hydrogens is 388 g/mol. The van der Waals surface area contributed by atoms with Crippen LogP contribution in [-0.4, -0.2) is 28.1 Å². The van der Waals surface area contributed by atoms with Crippen LogP contribution in [-0.2, 0) is 24.2 Å². The quantitative estimate of drug-likeness (QED) is 0.692. The van der Waals surface area contributed by atoms with E-state index in [0.717, 1.165) is 66.0 Å². The summed E-state index contributed by atoms with van der Waals surface area (Å²) in [5.74, 6) is 0.0200. The van der Waals surface area contributed by atoms with Gasteiger partial charge in [0.1, 0.15) is 0 Å². The maximum atomic E-state index is 13.0. The third kappa shape index (κ3) is 3.63. The fourth-order valence-electron chi connectivity index (χ4n) is 4.64. The Morgan fingerprint density at radius 1 is 1.06 bits per heavy atom. The minimum absolute atomic E-state index is 0.145. The van der Waals surface area contributed by atoms with Crippen molar-refractivity contribution in [3.63, 3.8) is 0 Å². The van der Waals surface area contributed by atoms with Crippen LogP contribution in [0.3, 0.4) is 0 Å². The Morgan fingerprint density at radius 3 is 2.74 bits per heavy atom. The summed E-state index contributed by atoms with van der Waals surface area (Å²) in [4.78, 5) is 26.9. The summed E-state index contributed by atoms with van der Waals surface area (Å²) in [6.45, 7) is 3.23. The molecule has 1 fully saturated rings. The van der Waals surface area contributed by atoms with Crippen LogP contribution in [0.2, 0.25) is 0 Å². The molecule has 31 heavy (non-hydrogen) atoms. The van der Waals surface area contributed by atoms with Crippen molar-refractivity contribution in [2.45, 2.75) is 45.6 Å². The molecule has 0 spiro atoms. The van der Waals surface area contributed by atoms with Gasteiger partial charge < -0.3 is 10.2 Å². The van der Waals surface area contributed by atoms with Crippen LogP contribution in [0.5, 0.6) is 0 Å². The van der Waals surface area contributed by atoms with E-state index < -0.39 is 0 Å². The van der Waals surface area contributed by atoms with Gasteiger partial charge in [0, 0.05) is 36.5 Å². The number of hydrogen-bond acceptors (Lipinski definition) is 3. The second kappa shape index (κ2) is 8.02. The number of benzene rings is 2. The molecular formula is C25H26N4O2. The number of aromatic nitrogens is 2. The van der Waals surface area contributed by atoms with Gasteiger partial charge in [0.05, 0.1) is 5.69 Å². The molecule has 1 aliphatic carbocycles. The normalized spacial score (nSPS) is 15.4. The molecule has 2 heterocycles. The zero-order valence-electron chi connectivity index (χ0n) is 17.7. The molecule has 2 aliphatic rings. The van der Waals surface area contributed by atoms with Gasteiger partial charge in [-0.3, -0.25) is 9.59 Å². The third-order valence-electron chi connectivity index (χ3n) is 6.24. The first kappa shape index (κ1) is 19.5. The number of nitrogens with one attached hydrogen (secondary N) is 1. The molecule has 6 heteroatoms. The average molecular weight is 415 g/mol. The van der Waals surface area contributed by atoms with E-state index in [0.29, 0.717) is 18.7 Å². The minimum atomic E-state index is -0.145. The Bertz CT molecular complexity index is 1160. The number of nitrogens with zero attached hydrogens (tertiary/aromatic N) is 3. The van der Waals surface area contributed by atoms with Crippen molar-refractivity contribution in [2.75, 3.05) is 11.4 Å². The molecule has 1 saturated heterocycles. The van der Waals surface area contributed by atoms with E-state index in [1.807, 2.05) is 52.0 Å². The monoisotopic (exact) mass is 414 g/mol. The van der Waals surface area contributed by atoms with E-state index in [4.69, 9.17) is 5.10 Å². The molecule has 2 amide bonds. The van der Waals surface area contributed by atoms with E-state index >= 15 is 0 Å². The number of carbonyl (C=O) groups excluding carboxylic acids is 2. The van der Waals surface area contributed by atoms with Crippen molar-refractivity contribution in [1.82, 2.24) is 15.1 Å². The Labute approximate surface area is 181 Å². The highest BCUT2D eigenvalue weighted by molar-refractivity contribution is 5.95. The van der Waals surface area contributed by atoms with Gasteiger partial charge in [-0.25, -0.2) is 4.68 Å². The van der Waals surface area contributed by atoms with Gasteiger partial charge in [0.2, 0.25) is 5.91 Å². The van der Waals surface area contributed by atoms with Crippen LogP contribution >= 0.6 is 0 Å². The minimum Gasteiger partial charge on any atom is -0.347 e. The number of hydrogen-bond donors (Lipinski definition) is 1. The largest absolute Gasteiger partial charge is 0.347 e. The zero-order chi connectivity index (χ0) is 21.4. The lowest BCUT2D eigenvalue weighted by Gasteiger charge is -2.16. The molecule has 158 valence electrons. The van der Waals surface area contributed by atoms with Crippen LogP contribution in [0.15, 0.2) is 48.5 Å². The van der Waals surface area contributed by atoms with E-state index in [9.17, 15) is 9.59 Å².